The fourth-order valence-electron chi connectivity index (χ4n) is 1.10. The van der Waals surface area contributed by atoms with Crippen LogP contribution in [-0.4, -0.2) is 11.6 Å². The molecule has 2 heteroatoms. The Morgan fingerprint density at radius 2 is 1.82 bits per heavy atom. The van der Waals surface area contributed by atoms with Crippen LogP contribution in [0.2, 0.25) is 0 Å². The number of carbonyl (C=O) groups is 2. The van der Waals surface area contributed by atoms with Crippen molar-refractivity contribution in [1.29, 1.82) is 0 Å². The van der Waals surface area contributed by atoms with Gasteiger partial charge in [-0.15, -0.1) is 0 Å². The zero-order valence-electron chi connectivity index (χ0n) is 7.52. The van der Waals surface area contributed by atoms with Crippen LogP contribution in [0.4, 0.5) is 0 Å². The van der Waals surface area contributed by atoms with Crippen LogP contribution in [0.15, 0.2) is 0 Å². The van der Waals surface area contributed by atoms with Crippen molar-refractivity contribution in [3.8, 4) is 0 Å². The number of rotatable bonds is 5. The summed E-state index contributed by atoms with van der Waals surface area (Å²) in [4.78, 5) is 21.5. The lowest BCUT2D eigenvalue weighted by Gasteiger charge is -2.05. The van der Waals surface area contributed by atoms with Crippen LogP contribution in [0.3, 0.4) is 0 Å². The van der Waals surface area contributed by atoms with Crippen molar-refractivity contribution in [1.82, 2.24) is 0 Å². The van der Waals surface area contributed by atoms with E-state index < -0.39 is 0 Å². The lowest BCUT2D eigenvalue weighted by Crippen LogP contribution is -2.07. The molecule has 0 aromatic carbocycles. The molecule has 0 aliphatic carbocycles. The maximum Gasteiger partial charge on any atom is 0.132 e. The Labute approximate surface area is 68.0 Å². The average molecular weight is 156 g/mol. The van der Waals surface area contributed by atoms with Gasteiger partial charge in [0.15, 0.2) is 0 Å². The normalized spacial score (nSPS) is 12.6. The molecule has 0 amide bonds. The highest BCUT2D eigenvalue weighted by atomic mass is 16.1. The van der Waals surface area contributed by atoms with E-state index in [0.717, 1.165) is 0 Å². The van der Waals surface area contributed by atoms with Gasteiger partial charge in [-0.3, -0.25) is 4.79 Å². The zero-order chi connectivity index (χ0) is 8.85. The van der Waals surface area contributed by atoms with Crippen molar-refractivity contribution in [3.63, 3.8) is 0 Å². The fourth-order valence-corrected chi connectivity index (χ4v) is 1.10. The Balaban J connectivity index is 3.60. The minimum Gasteiger partial charge on any atom is -0.300 e. The maximum atomic E-state index is 10.9. The molecule has 1 unspecified atom stereocenters. The van der Waals surface area contributed by atoms with E-state index in [9.17, 15) is 9.59 Å². The summed E-state index contributed by atoms with van der Waals surface area (Å²) in [5.41, 5.74) is 0. The Kier molecular flexibility index (Phi) is 4.75. The third-order valence-electron chi connectivity index (χ3n) is 1.61. The first kappa shape index (κ1) is 10.3. The lowest BCUT2D eigenvalue weighted by molar-refractivity contribution is -0.120. The van der Waals surface area contributed by atoms with Gasteiger partial charge in [-0.2, -0.15) is 0 Å². The van der Waals surface area contributed by atoms with E-state index in [1.165, 1.54) is 0 Å². The molecule has 0 rings (SSSR count). The van der Waals surface area contributed by atoms with Crippen LogP contribution in [0.1, 0.15) is 40.0 Å². The quantitative estimate of drug-likeness (QED) is 0.609. The van der Waals surface area contributed by atoms with Crippen LogP contribution in [-0.2, 0) is 9.59 Å². The first-order valence-corrected chi connectivity index (χ1v) is 4.07. The maximum absolute atomic E-state index is 10.9. The van der Waals surface area contributed by atoms with Gasteiger partial charge in [0.25, 0.3) is 0 Å². The number of hydrogen-bond donors (Lipinski definition) is 0. The summed E-state index contributed by atoms with van der Waals surface area (Å²) in [5, 5.41) is 0. The molecule has 0 aliphatic heterocycles. The Bertz CT molecular complexity index is 150. The lowest BCUT2D eigenvalue weighted by atomic mass is 9.98. The summed E-state index contributed by atoms with van der Waals surface area (Å²) in [6.07, 6.45) is 1.67. The van der Waals surface area contributed by atoms with E-state index in [0.29, 0.717) is 19.3 Å². The van der Waals surface area contributed by atoms with E-state index in [1.807, 2.05) is 13.8 Å². The number of Topliss-reactive ketones (excluding diaryl/α,β-unsaturated/α-hetero) is 2. The molecular formula is C9H16O2. The van der Waals surface area contributed by atoms with Crippen LogP contribution in [0.25, 0.3) is 0 Å². The second-order valence-electron chi connectivity index (χ2n) is 3.11. The molecule has 0 aromatic heterocycles. The van der Waals surface area contributed by atoms with Gasteiger partial charge in [-0.1, -0.05) is 13.8 Å². The van der Waals surface area contributed by atoms with Gasteiger partial charge in [0.05, 0.1) is 0 Å². The SMILES string of the molecule is CCC(=O)CC(C)CC(C)=O. The smallest absolute Gasteiger partial charge is 0.132 e. The van der Waals surface area contributed by atoms with Gasteiger partial charge < -0.3 is 4.79 Å². The predicted octanol–water partition coefficient (Wildman–Crippen LogP) is 1.97. The molecule has 0 aliphatic rings. The molecule has 0 bridgehead atoms. The molecule has 0 saturated carbocycles. The Morgan fingerprint density at radius 3 is 2.18 bits per heavy atom. The molecule has 1 atom stereocenters. The zero-order valence-corrected chi connectivity index (χ0v) is 7.52. The second kappa shape index (κ2) is 5.05. The van der Waals surface area contributed by atoms with E-state index in [4.69, 9.17) is 0 Å². The minimum atomic E-state index is 0.168. The first-order chi connectivity index (χ1) is 5.06. The van der Waals surface area contributed by atoms with Gasteiger partial charge in [0, 0.05) is 19.3 Å². The van der Waals surface area contributed by atoms with Crippen molar-refractivity contribution in [2.24, 2.45) is 5.92 Å². The van der Waals surface area contributed by atoms with Crippen LogP contribution >= 0.6 is 0 Å². The molecule has 11 heavy (non-hydrogen) atoms. The van der Waals surface area contributed by atoms with Crippen molar-refractivity contribution >= 4 is 11.6 Å². The third-order valence-corrected chi connectivity index (χ3v) is 1.61. The molecule has 0 heterocycles. The highest BCUT2D eigenvalue weighted by Crippen LogP contribution is 2.09. The number of carbonyl (C=O) groups excluding carboxylic acids is 2. The van der Waals surface area contributed by atoms with Gasteiger partial charge >= 0.3 is 0 Å². The molecule has 2 nitrogen and oxygen atoms in total. The van der Waals surface area contributed by atoms with E-state index in [1.54, 1.807) is 6.92 Å². The Morgan fingerprint density at radius 1 is 1.27 bits per heavy atom. The summed E-state index contributed by atoms with van der Waals surface area (Å²) in [6.45, 7) is 5.35. The molecule has 0 spiro atoms. The summed E-state index contributed by atoms with van der Waals surface area (Å²) >= 11 is 0. The van der Waals surface area contributed by atoms with E-state index >= 15 is 0 Å². The minimum absolute atomic E-state index is 0.168. The van der Waals surface area contributed by atoms with Gasteiger partial charge in [-0.05, 0) is 12.8 Å². The molecule has 0 radical (unpaired) electrons. The van der Waals surface area contributed by atoms with E-state index in [-0.39, 0.29) is 17.5 Å². The fraction of sp³-hybridized carbons (Fsp3) is 0.778. The Hall–Kier alpha value is -0.660. The molecule has 64 valence electrons. The first-order valence-electron chi connectivity index (χ1n) is 4.07. The number of ketones is 2. The number of hydrogen-bond acceptors (Lipinski definition) is 2. The molecule has 0 N–H and O–H groups in total. The summed E-state index contributed by atoms with van der Waals surface area (Å²) in [6, 6.07) is 0. The highest BCUT2D eigenvalue weighted by Gasteiger charge is 2.08. The molecular weight excluding hydrogens is 140 g/mol. The summed E-state index contributed by atoms with van der Waals surface area (Å²) in [7, 11) is 0. The molecule has 0 saturated heterocycles. The summed E-state index contributed by atoms with van der Waals surface area (Å²) in [5.74, 6) is 0.639. The molecule has 0 fully saturated rings. The van der Waals surface area contributed by atoms with Crippen molar-refractivity contribution < 1.29 is 9.59 Å². The summed E-state index contributed by atoms with van der Waals surface area (Å²) < 4.78 is 0. The van der Waals surface area contributed by atoms with Crippen LogP contribution in [0, 0.1) is 5.92 Å². The van der Waals surface area contributed by atoms with Crippen molar-refractivity contribution in [3.05, 3.63) is 0 Å². The predicted molar refractivity (Wildman–Crippen MR) is 44.4 cm³/mol. The van der Waals surface area contributed by atoms with E-state index in [2.05, 4.69) is 0 Å². The standard InChI is InChI=1S/C9H16O2/c1-4-9(11)6-7(2)5-8(3)10/h7H,4-6H2,1-3H3. The van der Waals surface area contributed by atoms with Gasteiger partial charge in [0.2, 0.25) is 0 Å². The largest absolute Gasteiger partial charge is 0.300 e. The van der Waals surface area contributed by atoms with Crippen molar-refractivity contribution in [2.75, 3.05) is 0 Å². The topological polar surface area (TPSA) is 34.1 Å². The van der Waals surface area contributed by atoms with Crippen LogP contribution in [0.5, 0.6) is 0 Å². The van der Waals surface area contributed by atoms with Gasteiger partial charge in [-0.25, -0.2) is 0 Å². The average Bonchev–Trinajstić information content (AvgIpc) is 1.85. The molecule has 0 aromatic rings. The monoisotopic (exact) mass is 156 g/mol. The van der Waals surface area contributed by atoms with Crippen molar-refractivity contribution in [2.45, 2.75) is 40.0 Å². The third kappa shape index (κ3) is 5.77. The van der Waals surface area contributed by atoms with Crippen LogP contribution < -0.4 is 0 Å². The second-order valence-corrected chi connectivity index (χ2v) is 3.11. The highest BCUT2D eigenvalue weighted by molar-refractivity contribution is 5.80. The van der Waals surface area contributed by atoms with Gasteiger partial charge in [0.1, 0.15) is 11.6 Å².